The highest BCUT2D eigenvalue weighted by molar-refractivity contribution is 6.16. The number of nitrogens with zero attached hydrogens (tertiary/aromatic N) is 2. The lowest BCUT2D eigenvalue weighted by Gasteiger charge is -1.95. The molecule has 0 atom stereocenters. The van der Waals surface area contributed by atoms with Crippen LogP contribution in [0.4, 0.5) is 0 Å². The van der Waals surface area contributed by atoms with Gasteiger partial charge in [-0.15, -0.1) is 0 Å². The Kier molecular flexibility index (Phi) is 1.84. The van der Waals surface area contributed by atoms with E-state index in [1.165, 1.54) is 10.8 Å². The molecule has 6 rings (SSSR count). The molecule has 0 aliphatic carbocycles. The minimum atomic E-state index is 0.882. The summed E-state index contributed by atoms with van der Waals surface area (Å²) < 4.78 is 2.19. The summed E-state index contributed by atoms with van der Waals surface area (Å²) >= 11 is 0. The molecule has 0 amide bonds. The van der Waals surface area contributed by atoms with Crippen LogP contribution in [0.2, 0.25) is 0 Å². The van der Waals surface area contributed by atoms with Gasteiger partial charge in [-0.2, -0.15) is 0 Å². The number of rotatable bonds is 0. The van der Waals surface area contributed by atoms with Gasteiger partial charge in [0.05, 0.1) is 22.1 Å². The lowest BCUT2D eigenvalue weighted by Crippen LogP contribution is -1.80. The Hall–Kier alpha value is -3.27. The van der Waals surface area contributed by atoms with E-state index in [-0.39, 0.29) is 0 Å². The molecule has 0 aliphatic rings. The summed E-state index contributed by atoms with van der Waals surface area (Å²) in [7, 11) is 0. The Morgan fingerprint density at radius 3 is 2.48 bits per heavy atom. The first-order valence-corrected chi connectivity index (χ1v) is 7.68. The molecular weight excluding hydrogens is 284 g/mol. The fraction of sp³-hybridized carbons (Fsp3) is 0. The maximum absolute atomic E-state index is 4.85. The van der Waals surface area contributed by atoms with E-state index in [0.717, 1.165) is 38.9 Å². The Bertz CT molecular complexity index is 1360. The number of hydrogen-bond donors (Lipinski definition) is 2. The SMILES string of the molecule is c1ccc2c(c1)[nH]c1c2ccc2c1nc1[nH]c3ccccc3n12. The van der Waals surface area contributed by atoms with E-state index in [1.807, 2.05) is 6.07 Å². The highest BCUT2D eigenvalue weighted by Crippen LogP contribution is 2.32. The summed E-state index contributed by atoms with van der Waals surface area (Å²) in [5.74, 6) is 0.882. The third-order valence-corrected chi connectivity index (χ3v) is 4.70. The van der Waals surface area contributed by atoms with Crippen molar-refractivity contribution in [1.29, 1.82) is 0 Å². The van der Waals surface area contributed by atoms with E-state index in [1.54, 1.807) is 0 Å². The fourth-order valence-electron chi connectivity index (χ4n) is 3.68. The van der Waals surface area contributed by atoms with Crippen LogP contribution >= 0.6 is 0 Å². The Balaban J connectivity index is 1.89. The second-order valence-corrected chi connectivity index (χ2v) is 5.94. The van der Waals surface area contributed by atoms with E-state index >= 15 is 0 Å². The smallest absolute Gasteiger partial charge is 0.213 e. The van der Waals surface area contributed by atoms with E-state index < -0.39 is 0 Å². The van der Waals surface area contributed by atoms with E-state index in [4.69, 9.17) is 4.98 Å². The van der Waals surface area contributed by atoms with E-state index in [9.17, 15) is 0 Å². The minimum Gasteiger partial charge on any atom is -0.353 e. The zero-order valence-electron chi connectivity index (χ0n) is 12.2. The van der Waals surface area contributed by atoms with Crippen molar-refractivity contribution in [3.05, 3.63) is 60.7 Å². The topological polar surface area (TPSA) is 48.9 Å². The Labute approximate surface area is 130 Å². The van der Waals surface area contributed by atoms with Crippen molar-refractivity contribution in [3.8, 4) is 0 Å². The molecule has 4 heteroatoms. The fourth-order valence-corrected chi connectivity index (χ4v) is 3.68. The van der Waals surface area contributed by atoms with Crippen molar-refractivity contribution in [2.75, 3.05) is 0 Å². The first-order valence-electron chi connectivity index (χ1n) is 7.68. The van der Waals surface area contributed by atoms with Crippen LogP contribution in [0, 0.1) is 0 Å². The quantitative estimate of drug-likeness (QED) is 0.423. The molecule has 3 heterocycles. The molecule has 0 bridgehead atoms. The third kappa shape index (κ3) is 1.29. The average molecular weight is 296 g/mol. The van der Waals surface area contributed by atoms with Crippen molar-refractivity contribution in [2.24, 2.45) is 0 Å². The minimum absolute atomic E-state index is 0.882. The van der Waals surface area contributed by atoms with Gasteiger partial charge in [-0.05, 0) is 30.3 Å². The maximum atomic E-state index is 4.85. The molecule has 0 saturated heterocycles. The molecule has 108 valence electrons. The van der Waals surface area contributed by atoms with Crippen LogP contribution in [0.15, 0.2) is 60.7 Å². The molecule has 0 unspecified atom stereocenters. The lowest BCUT2D eigenvalue weighted by molar-refractivity contribution is 1.28. The first kappa shape index (κ1) is 11.3. The van der Waals surface area contributed by atoms with Gasteiger partial charge in [0, 0.05) is 16.3 Å². The summed E-state index contributed by atoms with van der Waals surface area (Å²) in [5.41, 5.74) is 6.64. The van der Waals surface area contributed by atoms with Crippen LogP contribution in [0.1, 0.15) is 0 Å². The zero-order chi connectivity index (χ0) is 15.0. The molecule has 0 saturated carbocycles. The summed E-state index contributed by atoms with van der Waals surface area (Å²) in [5, 5.41) is 2.46. The number of imidazole rings is 2. The van der Waals surface area contributed by atoms with Crippen LogP contribution in [0.25, 0.3) is 49.7 Å². The molecule has 3 aromatic heterocycles. The predicted octanol–water partition coefficient (Wildman–Crippen LogP) is 4.60. The number of para-hydroxylation sites is 3. The second-order valence-electron chi connectivity index (χ2n) is 5.94. The molecule has 0 spiro atoms. The van der Waals surface area contributed by atoms with Crippen molar-refractivity contribution < 1.29 is 0 Å². The largest absolute Gasteiger partial charge is 0.353 e. The summed E-state index contributed by atoms with van der Waals surface area (Å²) in [6.45, 7) is 0. The standard InChI is InChI=1S/C19H12N4/c1-2-6-13-11(5-1)12-9-10-16-18(17(12)20-13)22-19-21-14-7-3-4-8-15(14)23(16)19/h1-10,20H,(H,21,22). The van der Waals surface area contributed by atoms with Gasteiger partial charge in [0.25, 0.3) is 0 Å². The molecule has 0 aliphatic heterocycles. The molecule has 3 aromatic carbocycles. The van der Waals surface area contributed by atoms with Crippen molar-refractivity contribution in [1.82, 2.24) is 19.4 Å². The van der Waals surface area contributed by atoms with Crippen LogP contribution in [0.3, 0.4) is 0 Å². The number of benzene rings is 3. The first-order chi connectivity index (χ1) is 11.4. The lowest BCUT2D eigenvalue weighted by atomic mass is 10.1. The molecular formula is C19H12N4. The van der Waals surface area contributed by atoms with Gasteiger partial charge in [-0.25, -0.2) is 4.98 Å². The molecule has 0 radical (unpaired) electrons. The third-order valence-electron chi connectivity index (χ3n) is 4.70. The molecule has 23 heavy (non-hydrogen) atoms. The van der Waals surface area contributed by atoms with Gasteiger partial charge in [0.2, 0.25) is 5.78 Å². The maximum Gasteiger partial charge on any atom is 0.213 e. The van der Waals surface area contributed by atoms with Crippen LogP contribution < -0.4 is 0 Å². The number of aromatic nitrogens is 4. The summed E-state index contributed by atoms with van der Waals surface area (Å²) in [4.78, 5) is 11.8. The number of hydrogen-bond acceptors (Lipinski definition) is 1. The number of aromatic amines is 2. The number of fused-ring (bicyclic) bond motifs is 9. The van der Waals surface area contributed by atoms with Gasteiger partial charge in [-0.3, -0.25) is 4.40 Å². The predicted molar refractivity (Wildman–Crippen MR) is 93.9 cm³/mol. The Morgan fingerprint density at radius 2 is 1.52 bits per heavy atom. The van der Waals surface area contributed by atoms with Crippen molar-refractivity contribution in [2.45, 2.75) is 0 Å². The van der Waals surface area contributed by atoms with E-state index in [2.05, 4.69) is 69.0 Å². The van der Waals surface area contributed by atoms with Crippen LogP contribution in [0.5, 0.6) is 0 Å². The monoisotopic (exact) mass is 296 g/mol. The summed E-state index contributed by atoms with van der Waals surface area (Å²) in [6.07, 6.45) is 0. The highest BCUT2D eigenvalue weighted by atomic mass is 15.1. The highest BCUT2D eigenvalue weighted by Gasteiger charge is 2.14. The average Bonchev–Trinajstić information content (AvgIpc) is 3.23. The van der Waals surface area contributed by atoms with E-state index in [0.29, 0.717) is 0 Å². The van der Waals surface area contributed by atoms with Crippen molar-refractivity contribution >= 4 is 49.7 Å². The van der Waals surface area contributed by atoms with Gasteiger partial charge in [0.15, 0.2) is 0 Å². The summed E-state index contributed by atoms with van der Waals surface area (Å²) in [6, 6.07) is 21.0. The normalized spacial score (nSPS) is 12.3. The van der Waals surface area contributed by atoms with Crippen molar-refractivity contribution in [3.63, 3.8) is 0 Å². The second kappa shape index (κ2) is 3.73. The van der Waals surface area contributed by atoms with Gasteiger partial charge >= 0.3 is 0 Å². The molecule has 2 N–H and O–H groups in total. The van der Waals surface area contributed by atoms with Gasteiger partial charge < -0.3 is 9.97 Å². The zero-order valence-corrected chi connectivity index (χ0v) is 12.2. The Morgan fingerprint density at radius 1 is 0.696 bits per heavy atom. The van der Waals surface area contributed by atoms with Crippen LogP contribution in [-0.4, -0.2) is 19.4 Å². The number of H-pyrrole nitrogens is 2. The van der Waals surface area contributed by atoms with Gasteiger partial charge in [0.1, 0.15) is 5.52 Å². The van der Waals surface area contributed by atoms with Crippen LogP contribution in [-0.2, 0) is 0 Å². The molecule has 4 nitrogen and oxygen atoms in total. The molecule has 0 fully saturated rings. The molecule has 6 aromatic rings. The van der Waals surface area contributed by atoms with Gasteiger partial charge in [-0.1, -0.05) is 30.3 Å². The number of nitrogens with one attached hydrogen (secondary N) is 2.